The smallest absolute Gasteiger partial charge is 0.270 e. The van der Waals surface area contributed by atoms with E-state index in [0.717, 1.165) is 6.42 Å². The van der Waals surface area contributed by atoms with Crippen molar-refractivity contribution in [1.82, 2.24) is 5.32 Å². The van der Waals surface area contributed by atoms with Crippen molar-refractivity contribution in [1.29, 1.82) is 0 Å². The van der Waals surface area contributed by atoms with Crippen LogP contribution in [0.5, 0.6) is 11.5 Å². The number of rotatable bonds is 5. The Morgan fingerprint density at radius 1 is 1.21 bits per heavy atom. The molecule has 1 fully saturated rings. The molecule has 1 saturated heterocycles. The number of carbonyl (C=O) groups excluding carboxylic acids is 2. The number of thiocarbonyl (C=S) groups is 1. The molecule has 6 nitrogen and oxygen atoms in total. The van der Waals surface area contributed by atoms with Crippen LogP contribution in [0.4, 0.5) is 5.69 Å². The second-order valence-electron chi connectivity index (χ2n) is 6.01. The van der Waals surface area contributed by atoms with Gasteiger partial charge < -0.3 is 9.84 Å². The van der Waals surface area contributed by atoms with Gasteiger partial charge in [0.05, 0.1) is 12.3 Å². The second-order valence-corrected chi connectivity index (χ2v) is 6.83. The SMILES string of the molecule is CCCOc1cc(/C=C2/C(=O)NC(=S)N(c3ccc(Cl)cc3)C2=O)ccc1O. The van der Waals surface area contributed by atoms with Gasteiger partial charge in [0.25, 0.3) is 11.8 Å². The van der Waals surface area contributed by atoms with Crippen molar-refractivity contribution in [3.8, 4) is 11.5 Å². The molecule has 8 heteroatoms. The molecule has 2 amide bonds. The van der Waals surface area contributed by atoms with Crippen LogP contribution < -0.4 is 15.0 Å². The number of nitrogens with one attached hydrogen (secondary N) is 1. The Hall–Kier alpha value is -2.90. The fraction of sp³-hybridized carbons (Fsp3) is 0.150. The monoisotopic (exact) mass is 416 g/mol. The molecule has 1 aliphatic rings. The van der Waals surface area contributed by atoms with Crippen LogP contribution in [0.3, 0.4) is 0 Å². The molecule has 2 aromatic carbocycles. The van der Waals surface area contributed by atoms with Crippen molar-refractivity contribution in [2.45, 2.75) is 13.3 Å². The lowest BCUT2D eigenvalue weighted by atomic mass is 10.1. The minimum atomic E-state index is -0.593. The van der Waals surface area contributed by atoms with Crippen LogP contribution in [0.1, 0.15) is 18.9 Å². The summed E-state index contributed by atoms with van der Waals surface area (Å²) < 4.78 is 5.48. The zero-order chi connectivity index (χ0) is 20.3. The first-order valence-corrected chi connectivity index (χ1v) is 9.32. The molecule has 1 aliphatic heterocycles. The van der Waals surface area contributed by atoms with Gasteiger partial charge in [0, 0.05) is 5.02 Å². The van der Waals surface area contributed by atoms with Gasteiger partial charge in [0.15, 0.2) is 16.6 Å². The first-order chi connectivity index (χ1) is 13.4. The number of halogens is 1. The van der Waals surface area contributed by atoms with Crippen molar-refractivity contribution < 1.29 is 19.4 Å². The standard InChI is InChI=1S/C20H17ClN2O4S/c1-2-9-27-17-11-12(3-8-16(17)24)10-15-18(25)22-20(28)23(19(15)26)14-6-4-13(21)5-7-14/h3-8,10-11,24H,2,9H2,1H3,(H,22,25,28)/b15-10-. The molecule has 144 valence electrons. The van der Waals surface area contributed by atoms with Crippen LogP contribution in [-0.2, 0) is 9.59 Å². The first kappa shape index (κ1) is 19.9. The molecular formula is C20H17ClN2O4S. The van der Waals surface area contributed by atoms with Crippen LogP contribution in [0, 0.1) is 0 Å². The normalized spacial score (nSPS) is 15.7. The Labute approximate surface area is 172 Å². The van der Waals surface area contributed by atoms with Gasteiger partial charge in [-0.2, -0.15) is 0 Å². The zero-order valence-electron chi connectivity index (χ0n) is 14.9. The van der Waals surface area contributed by atoms with Gasteiger partial charge in [-0.3, -0.25) is 19.8 Å². The average Bonchev–Trinajstić information content (AvgIpc) is 2.66. The Bertz CT molecular complexity index is 973. The van der Waals surface area contributed by atoms with Gasteiger partial charge in [-0.1, -0.05) is 24.6 Å². The van der Waals surface area contributed by atoms with Crippen molar-refractivity contribution in [2.75, 3.05) is 11.5 Å². The minimum Gasteiger partial charge on any atom is -0.504 e. The number of amides is 2. The molecule has 0 aromatic heterocycles. The summed E-state index contributed by atoms with van der Waals surface area (Å²) in [6, 6.07) is 11.1. The van der Waals surface area contributed by atoms with Crippen LogP contribution in [-0.4, -0.2) is 28.6 Å². The molecule has 0 aliphatic carbocycles. The predicted octanol–water partition coefficient (Wildman–Crippen LogP) is 3.67. The summed E-state index contributed by atoms with van der Waals surface area (Å²) in [5, 5.41) is 12.9. The van der Waals surface area contributed by atoms with E-state index < -0.39 is 11.8 Å². The molecule has 2 N–H and O–H groups in total. The highest BCUT2D eigenvalue weighted by Gasteiger charge is 2.34. The highest BCUT2D eigenvalue weighted by Crippen LogP contribution is 2.29. The third-order valence-corrected chi connectivity index (χ3v) is 4.48. The Balaban J connectivity index is 1.96. The van der Waals surface area contributed by atoms with Crippen molar-refractivity contribution in [3.05, 3.63) is 58.6 Å². The first-order valence-electron chi connectivity index (χ1n) is 8.53. The average molecular weight is 417 g/mol. The van der Waals surface area contributed by atoms with Crippen molar-refractivity contribution in [2.24, 2.45) is 0 Å². The van der Waals surface area contributed by atoms with E-state index in [0.29, 0.717) is 22.9 Å². The minimum absolute atomic E-state index is 0.00727. The molecule has 0 atom stereocenters. The number of hydrogen-bond acceptors (Lipinski definition) is 5. The van der Waals surface area contributed by atoms with E-state index in [1.54, 1.807) is 36.4 Å². The van der Waals surface area contributed by atoms with E-state index in [2.05, 4.69) is 5.32 Å². The molecule has 2 aromatic rings. The number of aromatic hydroxyl groups is 1. The maximum Gasteiger partial charge on any atom is 0.270 e. The van der Waals surface area contributed by atoms with E-state index >= 15 is 0 Å². The summed E-state index contributed by atoms with van der Waals surface area (Å²) in [6.07, 6.45) is 2.21. The van der Waals surface area contributed by atoms with E-state index in [4.69, 9.17) is 28.6 Å². The van der Waals surface area contributed by atoms with E-state index in [9.17, 15) is 14.7 Å². The number of phenolic OH excluding ortho intramolecular Hbond substituents is 1. The number of anilines is 1. The molecule has 3 rings (SSSR count). The molecule has 0 spiro atoms. The Morgan fingerprint density at radius 2 is 1.93 bits per heavy atom. The maximum absolute atomic E-state index is 13.0. The lowest BCUT2D eigenvalue weighted by Gasteiger charge is -2.29. The van der Waals surface area contributed by atoms with Crippen molar-refractivity contribution in [3.63, 3.8) is 0 Å². The summed E-state index contributed by atoms with van der Waals surface area (Å²) >= 11 is 11.1. The molecular weight excluding hydrogens is 400 g/mol. The van der Waals surface area contributed by atoms with Crippen LogP contribution in [0.2, 0.25) is 5.02 Å². The topological polar surface area (TPSA) is 78.9 Å². The molecule has 0 bridgehead atoms. The molecule has 0 saturated carbocycles. The van der Waals surface area contributed by atoms with E-state index in [-0.39, 0.29) is 22.2 Å². The van der Waals surface area contributed by atoms with E-state index in [1.807, 2.05) is 6.92 Å². The van der Waals surface area contributed by atoms with Crippen LogP contribution in [0.15, 0.2) is 48.0 Å². The summed E-state index contributed by atoms with van der Waals surface area (Å²) in [6.45, 7) is 2.38. The Morgan fingerprint density at radius 3 is 2.61 bits per heavy atom. The fourth-order valence-corrected chi connectivity index (χ4v) is 3.00. The number of ether oxygens (including phenoxy) is 1. The molecule has 0 radical (unpaired) electrons. The maximum atomic E-state index is 13.0. The largest absolute Gasteiger partial charge is 0.504 e. The summed E-state index contributed by atoms with van der Waals surface area (Å²) in [4.78, 5) is 26.5. The van der Waals surface area contributed by atoms with E-state index in [1.165, 1.54) is 17.0 Å². The van der Waals surface area contributed by atoms with Crippen LogP contribution in [0.25, 0.3) is 6.08 Å². The third kappa shape index (κ3) is 4.16. The summed E-state index contributed by atoms with van der Waals surface area (Å²) in [5.41, 5.74) is 0.935. The Kier molecular flexibility index (Phi) is 5.96. The number of carbonyl (C=O) groups is 2. The zero-order valence-corrected chi connectivity index (χ0v) is 16.5. The highest BCUT2D eigenvalue weighted by molar-refractivity contribution is 7.80. The van der Waals surface area contributed by atoms with Gasteiger partial charge in [-0.25, -0.2) is 0 Å². The number of hydrogen-bond donors (Lipinski definition) is 2. The lowest BCUT2D eigenvalue weighted by molar-refractivity contribution is -0.122. The van der Waals surface area contributed by atoms with Crippen molar-refractivity contribution >= 4 is 52.5 Å². The second kappa shape index (κ2) is 8.41. The van der Waals surface area contributed by atoms with Gasteiger partial charge in [0.1, 0.15) is 5.57 Å². The lowest BCUT2D eigenvalue weighted by Crippen LogP contribution is -2.54. The highest BCUT2D eigenvalue weighted by atomic mass is 35.5. The van der Waals surface area contributed by atoms with Crippen LogP contribution >= 0.6 is 23.8 Å². The van der Waals surface area contributed by atoms with Gasteiger partial charge in [-0.05, 0) is 66.7 Å². The molecule has 1 heterocycles. The summed E-state index contributed by atoms with van der Waals surface area (Å²) in [7, 11) is 0. The number of benzene rings is 2. The summed E-state index contributed by atoms with van der Waals surface area (Å²) in [5.74, 6) is -0.881. The quantitative estimate of drug-likeness (QED) is 0.441. The number of nitrogens with zero attached hydrogens (tertiary/aromatic N) is 1. The molecule has 0 unspecified atom stereocenters. The van der Waals surface area contributed by atoms with Gasteiger partial charge in [-0.15, -0.1) is 0 Å². The molecule has 28 heavy (non-hydrogen) atoms. The third-order valence-electron chi connectivity index (χ3n) is 3.94. The fourth-order valence-electron chi connectivity index (χ4n) is 2.60. The van der Waals surface area contributed by atoms with Gasteiger partial charge >= 0.3 is 0 Å². The predicted molar refractivity (Wildman–Crippen MR) is 112 cm³/mol. The van der Waals surface area contributed by atoms with Gasteiger partial charge in [0.2, 0.25) is 0 Å². The number of phenols is 1.